The van der Waals surface area contributed by atoms with E-state index in [1.807, 2.05) is 51.1 Å². The first kappa shape index (κ1) is 28.2. The van der Waals surface area contributed by atoms with E-state index in [0.717, 1.165) is 22.5 Å². The molecule has 0 aliphatic carbocycles. The minimum absolute atomic E-state index is 0.0348. The lowest BCUT2D eigenvalue weighted by Crippen LogP contribution is -2.53. The molecule has 0 aliphatic rings. The van der Waals surface area contributed by atoms with Crippen molar-refractivity contribution >= 4 is 27.5 Å². The van der Waals surface area contributed by atoms with Gasteiger partial charge in [-0.2, -0.15) is 0 Å². The number of carbonyl (C=O) groups excluding carboxylic acids is 2. The van der Waals surface area contributed by atoms with Crippen molar-refractivity contribution in [3.05, 3.63) is 60.2 Å². The lowest BCUT2D eigenvalue weighted by Gasteiger charge is -2.32. The fourth-order valence-electron chi connectivity index (χ4n) is 3.52. The van der Waals surface area contributed by atoms with Gasteiger partial charge in [-0.3, -0.25) is 13.9 Å². The van der Waals surface area contributed by atoms with Gasteiger partial charge in [0.15, 0.2) is 0 Å². The largest absolute Gasteiger partial charge is 0.494 e. The molecule has 0 saturated carbocycles. The number of sulfonamides is 1. The highest BCUT2D eigenvalue weighted by Gasteiger charge is 2.30. The molecule has 0 aromatic heterocycles. The molecule has 192 valence electrons. The normalized spacial score (nSPS) is 12.9. The molecule has 1 N–H and O–H groups in total. The molecular formula is C26H37N3O5S. The number of anilines is 1. The SMILES string of the molecule is CCOc1ccc(N(CC(=O)N(CCc2ccccc2)C(C)C(=O)NC(C)CC)S(C)(=O)=O)cc1. The Bertz CT molecular complexity index is 1060. The summed E-state index contributed by atoms with van der Waals surface area (Å²) in [6.45, 7) is 7.75. The van der Waals surface area contributed by atoms with Crippen LogP contribution in [0.3, 0.4) is 0 Å². The molecule has 9 heteroatoms. The second kappa shape index (κ2) is 13.1. The minimum Gasteiger partial charge on any atom is -0.494 e. The van der Waals surface area contributed by atoms with E-state index in [4.69, 9.17) is 4.74 Å². The van der Waals surface area contributed by atoms with Crippen molar-refractivity contribution in [3.63, 3.8) is 0 Å². The topological polar surface area (TPSA) is 96.0 Å². The summed E-state index contributed by atoms with van der Waals surface area (Å²) in [7, 11) is -3.76. The van der Waals surface area contributed by atoms with Gasteiger partial charge in [-0.05, 0) is 63.4 Å². The summed E-state index contributed by atoms with van der Waals surface area (Å²) >= 11 is 0. The lowest BCUT2D eigenvalue weighted by atomic mass is 10.1. The Kier molecular flexibility index (Phi) is 10.6. The Morgan fingerprint density at radius 1 is 1.00 bits per heavy atom. The first-order chi connectivity index (χ1) is 16.6. The van der Waals surface area contributed by atoms with Crippen molar-refractivity contribution < 1.29 is 22.7 Å². The van der Waals surface area contributed by atoms with E-state index in [-0.39, 0.29) is 18.5 Å². The second-order valence-electron chi connectivity index (χ2n) is 8.51. The average Bonchev–Trinajstić information content (AvgIpc) is 2.83. The van der Waals surface area contributed by atoms with E-state index in [1.165, 1.54) is 4.90 Å². The van der Waals surface area contributed by atoms with Gasteiger partial charge in [0.05, 0.1) is 18.6 Å². The maximum atomic E-state index is 13.5. The van der Waals surface area contributed by atoms with Gasteiger partial charge < -0.3 is 15.0 Å². The highest BCUT2D eigenvalue weighted by Crippen LogP contribution is 2.22. The Morgan fingerprint density at radius 3 is 2.17 bits per heavy atom. The smallest absolute Gasteiger partial charge is 0.244 e. The Hall–Kier alpha value is -3.07. The van der Waals surface area contributed by atoms with Gasteiger partial charge in [-0.25, -0.2) is 8.42 Å². The molecule has 0 heterocycles. The highest BCUT2D eigenvalue weighted by molar-refractivity contribution is 7.92. The number of hydrogen-bond donors (Lipinski definition) is 1. The van der Waals surface area contributed by atoms with Crippen molar-refractivity contribution in [1.29, 1.82) is 0 Å². The number of benzene rings is 2. The number of nitrogens with zero attached hydrogens (tertiary/aromatic N) is 2. The standard InChI is InChI=1S/C26H37N3O5S/c1-6-20(3)27-26(31)21(4)28(18-17-22-11-9-8-10-12-22)25(30)19-29(35(5,32)33)23-13-15-24(16-14-23)34-7-2/h8-16,20-21H,6-7,17-19H2,1-5H3,(H,27,31). The molecule has 2 atom stereocenters. The molecular weight excluding hydrogens is 466 g/mol. The highest BCUT2D eigenvalue weighted by atomic mass is 32.2. The molecule has 0 bridgehead atoms. The molecule has 2 unspecified atom stereocenters. The molecule has 0 aliphatic heterocycles. The van der Waals surface area contributed by atoms with Gasteiger partial charge >= 0.3 is 0 Å². The second-order valence-corrected chi connectivity index (χ2v) is 10.4. The molecule has 0 spiro atoms. The maximum absolute atomic E-state index is 13.5. The van der Waals surface area contributed by atoms with E-state index in [2.05, 4.69) is 5.32 Å². The van der Waals surface area contributed by atoms with Crippen molar-refractivity contribution in [2.75, 3.05) is 30.3 Å². The fourth-order valence-corrected chi connectivity index (χ4v) is 4.37. The zero-order chi connectivity index (χ0) is 26.0. The predicted molar refractivity (Wildman–Crippen MR) is 139 cm³/mol. The summed E-state index contributed by atoms with van der Waals surface area (Å²) in [5.74, 6) is -0.115. The molecule has 0 saturated heterocycles. The minimum atomic E-state index is -3.76. The van der Waals surface area contributed by atoms with Crippen molar-refractivity contribution in [2.45, 2.75) is 52.6 Å². The summed E-state index contributed by atoms with van der Waals surface area (Å²) in [6, 6.07) is 15.4. The zero-order valence-electron chi connectivity index (χ0n) is 21.2. The van der Waals surface area contributed by atoms with Crippen molar-refractivity contribution in [1.82, 2.24) is 10.2 Å². The van der Waals surface area contributed by atoms with Crippen LogP contribution < -0.4 is 14.4 Å². The van der Waals surface area contributed by atoms with Crippen LogP contribution in [0.15, 0.2) is 54.6 Å². The van der Waals surface area contributed by atoms with Crippen LogP contribution in [-0.4, -0.2) is 63.2 Å². The first-order valence-electron chi connectivity index (χ1n) is 11.9. The third-order valence-corrected chi connectivity index (χ3v) is 6.91. The third kappa shape index (κ3) is 8.58. The summed E-state index contributed by atoms with van der Waals surface area (Å²) in [5, 5.41) is 2.92. The third-order valence-electron chi connectivity index (χ3n) is 5.77. The monoisotopic (exact) mass is 503 g/mol. The summed E-state index contributed by atoms with van der Waals surface area (Å²) in [6.07, 6.45) is 2.36. The van der Waals surface area contributed by atoms with Crippen molar-refractivity contribution in [2.24, 2.45) is 0 Å². The predicted octanol–water partition coefficient (Wildman–Crippen LogP) is 3.23. The molecule has 2 aromatic carbocycles. The number of hydrogen-bond acceptors (Lipinski definition) is 5. The van der Waals surface area contributed by atoms with E-state index in [1.54, 1.807) is 31.2 Å². The van der Waals surface area contributed by atoms with Gasteiger partial charge in [0.1, 0.15) is 18.3 Å². The quantitative estimate of drug-likeness (QED) is 0.453. The van der Waals surface area contributed by atoms with Crippen LogP contribution in [0.25, 0.3) is 0 Å². The van der Waals surface area contributed by atoms with Gasteiger partial charge in [-0.1, -0.05) is 37.3 Å². The lowest BCUT2D eigenvalue weighted by molar-refractivity contribution is -0.139. The molecule has 0 radical (unpaired) electrons. The van der Waals surface area contributed by atoms with Crippen molar-refractivity contribution in [3.8, 4) is 5.75 Å². The number of ether oxygens (including phenoxy) is 1. The number of amides is 2. The summed E-state index contributed by atoms with van der Waals surface area (Å²) in [5.41, 5.74) is 1.37. The Balaban J connectivity index is 2.29. The molecule has 2 aromatic rings. The van der Waals surface area contributed by atoms with Crippen LogP contribution in [0, 0.1) is 0 Å². The Labute approximate surface area is 209 Å². The molecule has 2 amide bonds. The molecule has 0 fully saturated rings. The van der Waals surface area contributed by atoms with Crippen LogP contribution in [0.4, 0.5) is 5.69 Å². The van der Waals surface area contributed by atoms with E-state index >= 15 is 0 Å². The number of nitrogens with one attached hydrogen (secondary N) is 1. The Morgan fingerprint density at radius 2 is 1.63 bits per heavy atom. The van der Waals surface area contributed by atoms with E-state index < -0.39 is 28.5 Å². The van der Waals surface area contributed by atoms with Crippen LogP contribution >= 0.6 is 0 Å². The fraction of sp³-hybridized carbons (Fsp3) is 0.462. The summed E-state index contributed by atoms with van der Waals surface area (Å²) in [4.78, 5) is 27.8. The molecule has 2 rings (SSSR count). The van der Waals surface area contributed by atoms with E-state index in [0.29, 0.717) is 24.5 Å². The van der Waals surface area contributed by atoms with Crippen LogP contribution in [0.2, 0.25) is 0 Å². The van der Waals surface area contributed by atoms with Crippen LogP contribution in [-0.2, 0) is 26.0 Å². The van der Waals surface area contributed by atoms with Gasteiger partial charge in [0.2, 0.25) is 21.8 Å². The summed E-state index contributed by atoms with van der Waals surface area (Å²) < 4.78 is 31.7. The van der Waals surface area contributed by atoms with E-state index in [9.17, 15) is 18.0 Å². The zero-order valence-corrected chi connectivity index (χ0v) is 22.0. The molecule has 8 nitrogen and oxygen atoms in total. The first-order valence-corrected chi connectivity index (χ1v) is 13.8. The number of carbonyl (C=O) groups is 2. The maximum Gasteiger partial charge on any atom is 0.244 e. The average molecular weight is 504 g/mol. The van der Waals surface area contributed by atoms with Gasteiger partial charge in [0.25, 0.3) is 0 Å². The van der Waals surface area contributed by atoms with Crippen LogP contribution in [0.5, 0.6) is 5.75 Å². The van der Waals surface area contributed by atoms with Gasteiger partial charge in [-0.15, -0.1) is 0 Å². The van der Waals surface area contributed by atoms with Gasteiger partial charge in [0, 0.05) is 12.6 Å². The van der Waals surface area contributed by atoms with Crippen LogP contribution in [0.1, 0.15) is 39.7 Å². The molecule has 35 heavy (non-hydrogen) atoms. The number of rotatable bonds is 13.